The zero-order valence-corrected chi connectivity index (χ0v) is 19.6. The van der Waals surface area contributed by atoms with Crippen LogP contribution < -0.4 is 10.6 Å². The molecule has 0 aliphatic carbocycles. The van der Waals surface area contributed by atoms with Gasteiger partial charge < -0.3 is 15.0 Å². The Morgan fingerprint density at radius 2 is 1.75 bits per heavy atom. The van der Waals surface area contributed by atoms with Gasteiger partial charge >= 0.3 is 5.97 Å². The first-order chi connectivity index (χ1) is 17.2. The molecule has 0 aromatic heterocycles. The molecule has 188 valence electrons. The summed E-state index contributed by atoms with van der Waals surface area (Å²) >= 11 is 5.25. The van der Waals surface area contributed by atoms with Crippen LogP contribution in [0.5, 0.6) is 0 Å². The van der Waals surface area contributed by atoms with Gasteiger partial charge in [0, 0.05) is 31.6 Å². The second-order valence-corrected chi connectivity index (χ2v) is 8.06. The minimum Gasteiger partial charge on any atom is -0.465 e. The second-order valence-electron chi connectivity index (χ2n) is 7.67. The Hall–Kier alpha value is -4.46. The average molecular weight is 516 g/mol. The molecule has 2 N–H and O–H groups in total. The van der Waals surface area contributed by atoms with E-state index in [0.29, 0.717) is 6.42 Å². The largest absolute Gasteiger partial charge is 0.465 e. The zero-order valence-electron chi connectivity index (χ0n) is 18.7. The number of esters is 1. The van der Waals surface area contributed by atoms with Crippen LogP contribution in [0.15, 0.2) is 48.5 Å². The van der Waals surface area contributed by atoms with Crippen LogP contribution in [0.25, 0.3) is 0 Å². The zero-order chi connectivity index (χ0) is 26.2. The Balaban J connectivity index is 1.65. The summed E-state index contributed by atoms with van der Waals surface area (Å²) < 4.78 is 5.24. The molecule has 0 saturated carbocycles. The van der Waals surface area contributed by atoms with Crippen molar-refractivity contribution in [3.8, 4) is 0 Å². The number of amides is 2. The number of hydrogen-bond acceptors (Lipinski definition) is 9. The highest BCUT2D eigenvalue weighted by atomic mass is 32.1. The van der Waals surface area contributed by atoms with Crippen LogP contribution in [0.1, 0.15) is 22.3 Å². The van der Waals surface area contributed by atoms with E-state index in [1.165, 1.54) is 4.90 Å². The van der Waals surface area contributed by atoms with Crippen LogP contribution in [0, 0.1) is 20.2 Å². The van der Waals surface area contributed by atoms with E-state index in [1.807, 2.05) is 30.3 Å². The molecule has 1 fully saturated rings. The number of nitrogens with zero attached hydrogens (tertiary/aromatic N) is 3. The van der Waals surface area contributed by atoms with Crippen LogP contribution in [-0.4, -0.2) is 63.4 Å². The second kappa shape index (κ2) is 11.8. The fraction of sp³-hybridized carbons (Fsp3) is 0.273. The van der Waals surface area contributed by atoms with Gasteiger partial charge in [0.15, 0.2) is 5.11 Å². The van der Waals surface area contributed by atoms with Crippen LogP contribution in [0.4, 0.5) is 11.4 Å². The first-order valence-corrected chi connectivity index (χ1v) is 11.1. The topological polar surface area (TPSA) is 174 Å². The SMILES string of the molecule is O=C(CC1C(=O)NCCN1C(=S)NC(=O)c1cc([N+](=O)[O-])cc([N+](=O)[O-])c1)OCCc1ccccc1. The smallest absolute Gasteiger partial charge is 0.308 e. The molecule has 0 spiro atoms. The van der Waals surface area contributed by atoms with Crippen LogP contribution in [0.2, 0.25) is 0 Å². The van der Waals surface area contributed by atoms with Crippen LogP contribution >= 0.6 is 12.2 Å². The maximum Gasteiger partial charge on any atom is 0.308 e. The first kappa shape index (κ1) is 26.2. The number of ether oxygens (including phenoxy) is 1. The third-order valence-corrected chi connectivity index (χ3v) is 5.59. The summed E-state index contributed by atoms with van der Waals surface area (Å²) in [5.74, 6) is -2.08. The Morgan fingerprint density at radius 3 is 2.36 bits per heavy atom. The lowest BCUT2D eigenvalue weighted by Crippen LogP contribution is -2.60. The maximum absolute atomic E-state index is 12.7. The summed E-state index contributed by atoms with van der Waals surface area (Å²) in [6, 6.07) is 10.8. The average Bonchev–Trinajstić information content (AvgIpc) is 2.85. The summed E-state index contributed by atoms with van der Waals surface area (Å²) in [7, 11) is 0. The predicted molar refractivity (Wildman–Crippen MR) is 129 cm³/mol. The number of rotatable bonds is 8. The van der Waals surface area contributed by atoms with Gasteiger partial charge in [0.1, 0.15) is 6.04 Å². The molecule has 36 heavy (non-hydrogen) atoms. The van der Waals surface area contributed by atoms with E-state index in [0.717, 1.165) is 23.8 Å². The number of thiocarbonyl (C=S) groups is 1. The number of piperazine rings is 1. The van der Waals surface area contributed by atoms with Crippen molar-refractivity contribution >= 4 is 46.5 Å². The quantitative estimate of drug-likeness (QED) is 0.227. The maximum atomic E-state index is 12.7. The third-order valence-electron chi connectivity index (χ3n) is 5.26. The van der Waals surface area contributed by atoms with E-state index in [4.69, 9.17) is 17.0 Å². The molecule has 1 unspecified atom stereocenters. The van der Waals surface area contributed by atoms with Gasteiger partial charge in [0.2, 0.25) is 5.91 Å². The lowest BCUT2D eigenvalue weighted by molar-refractivity contribution is -0.394. The van der Waals surface area contributed by atoms with Crippen molar-refractivity contribution in [1.82, 2.24) is 15.5 Å². The first-order valence-electron chi connectivity index (χ1n) is 10.7. The summed E-state index contributed by atoms with van der Waals surface area (Å²) in [6.45, 7) is 0.475. The molecule has 2 amide bonds. The van der Waals surface area contributed by atoms with Gasteiger partial charge in [-0.15, -0.1) is 0 Å². The number of carbonyl (C=O) groups is 3. The van der Waals surface area contributed by atoms with Crippen molar-refractivity contribution in [1.29, 1.82) is 0 Å². The molecule has 0 bridgehead atoms. The van der Waals surface area contributed by atoms with E-state index >= 15 is 0 Å². The highest BCUT2D eigenvalue weighted by molar-refractivity contribution is 7.80. The Morgan fingerprint density at radius 1 is 1.11 bits per heavy atom. The summed E-state index contributed by atoms with van der Waals surface area (Å²) in [4.78, 5) is 59.3. The van der Waals surface area contributed by atoms with Crippen molar-refractivity contribution in [3.63, 3.8) is 0 Å². The predicted octanol–water partition coefficient (Wildman–Crippen LogP) is 1.49. The molecule has 13 nitrogen and oxygen atoms in total. The molecular formula is C22H21N5O8S. The van der Waals surface area contributed by atoms with Gasteiger partial charge in [-0.2, -0.15) is 0 Å². The Kier molecular flexibility index (Phi) is 8.57. The van der Waals surface area contributed by atoms with Gasteiger partial charge in [0.25, 0.3) is 17.3 Å². The molecule has 2 aromatic carbocycles. The standard InChI is InChI=1S/C22H21N5O8S/c28-19(35-9-6-14-4-2-1-3-5-14)13-18-21(30)23-7-8-25(18)22(36)24-20(29)15-10-16(26(31)32)12-17(11-15)27(33)34/h1-5,10-12,18H,6-9,13H2,(H,23,30)(H,24,29,36). The minimum absolute atomic E-state index is 0.115. The Labute approximate surface area is 209 Å². The molecule has 1 saturated heterocycles. The van der Waals surface area contributed by atoms with Gasteiger partial charge in [-0.05, 0) is 17.8 Å². The van der Waals surface area contributed by atoms with Gasteiger partial charge in [-0.1, -0.05) is 30.3 Å². The number of nitro groups is 2. The lowest BCUT2D eigenvalue weighted by Gasteiger charge is -2.36. The summed E-state index contributed by atoms with van der Waals surface area (Å²) in [5, 5.41) is 26.9. The normalized spacial score (nSPS) is 14.9. The third kappa shape index (κ3) is 6.79. The van der Waals surface area contributed by atoms with Crippen LogP contribution in [0.3, 0.4) is 0 Å². The molecule has 1 atom stereocenters. The van der Waals surface area contributed by atoms with Gasteiger partial charge in [0.05, 0.1) is 34.5 Å². The minimum atomic E-state index is -1.06. The van der Waals surface area contributed by atoms with Crippen molar-refractivity contribution in [2.24, 2.45) is 0 Å². The number of benzene rings is 2. The lowest BCUT2D eigenvalue weighted by atomic mass is 10.1. The number of hydrogen-bond donors (Lipinski definition) is 2. The highest BCUT2D eigenvalue weighted by Crippen LogP contribution is 2.23. The highest BCUT2D eigenvalue weighted by Gasteiger charge is 2.34. The number of nitro benzene ring substituents is 2. The number of carbonyl (C=O) groups excluding carboxylic acids is 3. The van der Waals surface area contributed by atoms with E-state index in [2.05, 4.69) is 10.6 Å². The fourth-order valence-corrected chi connectivity index (χ4v) is 3.79. The summed E-state index contributed by atoms with van der Waals surface area (Å²) in [6.07, 6.45) is 0.163. The molecule has 1 aliphatic rings. The van der Waals surface area contributed by atoms with Crippen molar-refractivity contribution in [2.75, 3.05) is 19.7 Å². The Bertz CT molecular complexity index is 1170. The van der Waals surface area contributed by atoms with Crippen LogP contribution in [-0.2, 0) is 20.7 Å². The molecule has 1 aliphatic heterocycles. The number of non-ortho nitro benzene ring substituents is 2. The van der Waals surface area contributed by atoms with Crippen molar-refractivity contribution < 1.29 is 29.0 Å². The summed E-state index contributed by atoms with van der Waals surface area (Å²) in [5.41, 5.74) is -0.674. The van der Waals surface area contributed by atoms with E-state index < -0.39 is 45.0 Å². The van der Waals surface area contributed by atoms with E-state index in [9.17, 15) is 34.6 Å². The molecule has 3 rings (SSSR count). The molecular weight excluding hydrogens is 494 g/mol. The molecule has 1 heterocycles. The number of nitrogens with one attached hydrogen (secondary N) is 2. The van der Waals surface area contributed by atoms with E-state index in [-0.39, 0.29) is 36.8 Å². The molecule has 14 heteroatoms. The molecule has 0 radical (unpaired) electrons. The molecule has 2 aromatic rings. The fourth-order valence-electron chi connectivity index (χ4n) is 3.48. The monoisotopic (exact) mass is 515 g/mol. The van der Waals surface area contributed by atoms with Gasteiger partial charge in [-0.25, -0.2) is 0 Å². The van der Waals surface area contributed by atoms with E-state index in [1.54, 1.807) is 0 Å². The van der Waals surface area contributed by atoms with Crippen molar-refractivity contribution in [2.45, 2.75) is 18.9 Å². The van der Waals surface area contributed by atoms with Crippen molar-refractivity contribution in [3.05, 3.63) is 79.9 Å². The van der Waals surface area contributed by atoms with Gasteiger partial charge in [-0.3, -0.25) is 39.9 Å².